The quantitative estimate of drug-likeness (QED) is 0.581. The van der Waals surface area contributed by atoms with Gasteiger partial charge in [-0.15, -0.1) is 0 Å². The standard InChI is InChI=1S/C16H21Cl2NO3/c1-21-16(20)4-2-3-7-19-8-9-22-15(11-19)12-5-6-13(17)14(18)10-12/h5-6,10,15H,2-4,7-9,11H2,1H3. The summed E-state index contributed by atoms with van der Waals surface area (Å²) in [5.74, 6) is -0.143. The second kappa shape index (κ2) is 8.73. The van der Waals surface area contributed by atoms with Crippen molar-refractivity contribution in [1.29, 1.82) is 0 Å². The van der Waals surface area contributed by atoms with E-state index in [1.54, 1.807) is 6.07 Å². The zero-order valence-electron chi connectivity index (χ0n) is 12.7. The first kappa shape index (κ1) is 17.5. The molecule has 1 aromatic carbocycles. The van der Waals surface area contributed by atoms with Crippen LogP contribution < -0.4 is 0 Å². The van der Waals surface area contributed by atoms with Gasteiger partial charge in [0.15, 0.2) is 0 Å². The molecule has 0 radical (unpaired) electrons. The van der Waals surface area contributed by atoms with Gasteiger partial charge in [0.25, 0.3) is 0 Å². The second-order valence-corrected chi connectivity index (χ2v) is 6.18. The molecule has 0 N–H and O–H groups in total. The molecule has 0 spiro atoms. The van der Waals surface area contributed by atoms with E-state index in [4.69, 9.17) is 27.9 Å². The Bertz CT molecular complexity index is 510. The lowest BCUT2D eigenvalue weighted by molar-refractivity contribution is -0.140. The van der Waals surface area contributed by atoms with Crippen molar-refractivity contribution in [2.75, 3.05) is 33.4 Å². The molecule has 1 aromatic rings. The van der Waals surface area contributed by atoms with Crippen LogP contribution in [0.5, 0.6) is 0 Å². The Morgan fingerprint density at radius 2 is 2.18 bits per heavy atom. The summed E-state index contributed by atoms with van der Waals surface area (Å²) in [6.45, 7) is 3.40. The van der Waals surface area contributed by atoms with Gasteiger partial charge in [0.05, 0.1) is 29.9 Å². The number of halogens is 2. The van der Waals surface area contributed by atoms with Crippen LogP contribution >= 0.6 is 23.2 Å². The maximum Gasteiger partial charge on any atom is 0.305 e. The third kappa shape index (κ3) is 5.13. The van der Waals surface area contributed by atoms with Crippen LogP contribution in [0.4, 0.5) is 0 Å². The van der Waals surface area contributed by atoms with Crippen LogP contribution in [0.15, 0.2) is 18.2 Å². The van der Waals surface area contributed by atoms with Crippen LogP contribution in [0.25, 0.3) is 0 Å². The molecule has 0 aliphatic carbocycles. The predicted octanol–water partition coefficient (Wildman–Crippen LogP) is 3.71. The van der Waals surface area contributed by atoms with Gasteiger partial charge in [0, 0.05) is 19.5 Å². The average molecular weight is 346 g/mol. The van der Waals surface area contributed by atoms with E-state index in [0.717, 1.165) is 38.0 Å². The minimum Gasteiger partial charge on any atom is -0.469 e. The van der Waals surface area contributed by atoms with Crippen molar-refractivity contribution in [2.45, 2.75) is 25.4 Å². The predicted molar refractivity (Wildman–Crippen MR) is 87.5 cm³/mol. The largest absolute Gasteiger partial charge is 0.469 e. The van der Waals surface area contributed by atoms with E-state index in [-0.39, 0.29) is 12.1 Å². The molecule has 1 heterocycles. The first-order valence-corrected chi connectivity index (χ1v) is 8.21. The molecule has 0 saturated carbocycles. The minimum atomic E-state index is -0.143. The smallest absolute Gasteiger partial charge is 0.305 e. The minimum absolute atomic E-state index is 0.0177. The van der Waals surface area contributed by atoms with Gasteiger partial charge in [-0.1, -0.05) is 29.3 Å². The summed E-state index contributed by atoms with van der Waals surface area (Å²) in [5, 5.41) is 1.11. The van der Waals surface area contributed by atoms with Gasteiger partial charge in [-0.05, 0) is 37.1 Å². The van der Waals surface area contributed by atoms with Crippen LogP contribution in [-0.4, -0.2) is 44.2 Å². The summed E-state index contributed by atoms with van der Waals surface area (Å²) in [7, 11) is 1.42. The number of esters is 1. The highest BCUT2D eigenvalue weighted by Crippen LogP contribution is 2.29. The van der Waals surface area contributed by atoms with Crippen molar-refractivity contribution in [3.63, 3.8) is 0 Å². The molecule has 0 aromatic heterocycles. The lowest BCUT2D eigenvalue weighted by atomic mass is 10.1. The number of nitrogens with zero attached hydrogens (tertiary/aromatic N) is 1. The molecule has 1 atom stereocenters. The van der Waals surface area contributed by atoms with Gasteiger partial charge in [-0.25, -0.2) is 0 Å². The van der Waals surface area contributed by atoms with E-state index in [9.17, 15) is 4.79 Å². The summed E-state index contributed by atoms with van der Waals surface area (Å²) in [4.78, 5) is 13.4. The number of benzene rings is 1. The number of carbonyl (C=O) groups is 1. The zero-order valence-corrected chi connectivity index (χ0v) is 14.2. The van der Waals surface area contributed by atoms with Gasteiger partial charge in [0.2, 0.25) is 0 Å². The van der Waals surface area contributed by atoms with Crippen LogP contribution in [0.2, 0.25) is 10.0 Å². The molecule has 4 nitrogen and oxygen atoms in total. The van der Waals surface area contributed by atoms with Gasteiger partial charge >= 0.3 is 5.97 Å². The number of hydrogen-bond acceptors (Lipinski definition) is 4. The highest BCUT2D eigenvalue weighted by molar-refractivity contribution is 6.42. The number of unbranched alkanes of at least 4 members (excludes halogenated alkanes) is 1. The molecule has 6 heteroatoms. The van der Waals surface area contributed by atoms with E-state index in [0.29, 0.717) is 23.1 Å². The molecule has 122 valence electrons. The monoisotopic (exact) mass is 345 g/mol. The highest BCUT2D eigenvalue weighted by atomic mass is 35.5. The van der Waals surface area contributed by atoms with Gasteiger partial charge < -0.3 is 9.47 Å². The maximum absolute atomic E-state index is 11.1. The Kier molecular flexibility index (Phi) is 6.96. The van der Waals surface area contributed by atoms with Crippen molar-refractivity contribution in [3.8, 4) is 0 Å². The maximum atomic E-state index is 11.1. The number of ether oxygens (including phenoxy) is 2. The number of methoxy groups -OCH3 is 1. The van der Waals surface area contributed by atoms with Gasteiger partial charge in [-0.2, -0.15) is 0 Å². The molecule has 0 bridgehead atoms. The van der Waals surface area contributed by atoms with Crippen molar-refractivity contribution in [2.24, 2.45) is 0 Å². The second-order valence-electron chi connectivity index (χ2n) is 5.37. The molecule has 1 unspecified atom stereocenters. The lowest BCUT2D eigenvalue weighted by Crippen LogP contribution is -2.38. The zero-order chi connectivity index (χ0) is 15.9. The molecule has 0 amide bonds. The fourth-order valence-electron chi connectivity index (χ4n) is 2.53. The first-order chi connectivity index (χ1) is 10.6. The van der Waals surface area contributed by atoms with Crippen molar-refractivity contribution in [3.05, 3.63) is 33.8 Å². The van der Waals surface area contributed by atoms with E-state index in [1.165, 1.54) is 7.11 Å². The van der Waals surface area contributed by atoms with Crippen molar-refractivity contribution < 1.29 is 14.3 Å². The SMILES string of the molecule is COC(=O)CCCCN1CCOC(c2ccc(Cl)c(Cl)c2)C1. The summed E-state index contributed by atoms with van der Waals surface area (Å²) in [5.41, 5.74) is 1.05. The van der Waals surface area contributed by atoms with E-state index < -0.39 is 0 Å². The summed E-state index contributed by atoms with van der Waals surface area (Å²) in [6.07, 6.45) is 2.32. The van der Waals surface area contributed by atoms with Crippen LogP contribution in [0.3, 0.4) is 0 Å². The lowest BCUT2D eigenvalue weighted by Gasteiger charge is -2.33. The Morgan fingerprint density at radius 3 is 2.91 bits per heavy atom. The van der Waals surface area contributed by atoms with Crippen LogP contribution in [-0.2, 0) is 14.3 Å². The number of rotatable bonds is 6. The first-order valence-electron chi connectivity index (χ1n) is 7.46. The molecule has 1 aliphatic rings. The average Bonchev–Trinajstić information content (AvgIpc) is 2.54. The third-order valence-electron chi connectivity index (χ3n) is 3.80. The molecule has 1 aliphatic heterocycles. The molecule has 2 rings (SSSR count). The Hall–Kier alpha value is -0.810. The van der Waals surface area contributed by atoms with Crippen LogP contribution in [0, 0.1) is 0 Å². The van der Waals surface area contributed by atoms with Crippen molar-refractivity contribution in [1.82, 2.24) is 4.90 Å². The van der Waals surface area contributed by atoms with Gasteiger partial charge in [0.1, 0.15) is 0 Å². The third-order valence-corrected chi connectivity index (χ3v) is 4.54. The Morgan fingerprint density at radius 1 is 1.36 bits per heavy atom. The summed E-state index contributed by atoms with van der Waals surface area (Å²) < 4.78 is 10.5. The fourth-order valence-corrected chi connectivity index (χ4v) is 2.83. The van der Waals surface area contributed by atoms with Gasteiger partial charge in [-0.3, -0.25) is 9.69 Å². The molecule has 1 saturated heterocycles. The highest BCUT2D eigenvalue weighted by Gasteiger charge is 2.22. The summed E-state index contributed by atoms with van der Waals surface area (Å²) >= 11 is 12.0. The van der Waals surface area contributed by atoms with Crippen LogP contribution in [0.1, 0.15) is 30.9 Å². The topological polar surface area (TPSA) is 38.8 Å². The molecular weight excluding hydrogens is 325 g/mol. The van der Waals surface area contributed by atoms with E-state index in [2.05, 4.69) is 9.64 Å². The summed E-state index contributed by atoms with van der Waals surface area (Å²) in [6, 6.07) is 5.63. The molecule has 22 heavy (non-hydrogen) atoms. The fraction of sp³-hybridized carbons (Fsp3) is 0.562. The number of morpholine rings is 1. The van der Waals surface area contributed by atoms with Crippen molar-refractivity contribution >= 4 is 29.2 Å². The van der Waals surface area contributed by atoms with E-state index >= 15 is 0 Å². The van der Waals surface area contributed by atoms with E-state index in [1.807, 2.05) is 12.1 Å². The number of carbonyl (C=O) groups excluding carboxylic acids is 1. The normalized spacial score (nSPS) is 19.1. The Labute approximate surface area is 141 Å². The Balaban J connectivity index is 1.81. The molecular formula is C16H21Cl2NO3. The number of hydrogen-bond donors (Lipinski definition) is 0. The molecule has 1 fully saturated rings.